The van der Waals surface area contributed by atoms with Gasteiger partial charge >= 0.3 is 0 Å². The molecular weight excluding hydrogens is 360 g/mol. The highest BCUT2D eigenvalue weighted by Gasteiger charge is 2.16. The fourth-order valence-corrected chi connectivity index (χ4v) is 3.02. The van der Waals surface area contributed by atoms with Crippen molar-refractivity contribution in [3.8, 4) is 17.2 Å². The van der Waals surface area contributed by atoms with E-state index in [1.807, 2.05) is 30.3 Å². The summed E-state index contributed by atoms with van der Waals surface area (Å²) in [5.74, 6) is 0.900. The molecule has 1 amide bonds. The van der Waals surface area contributed by atoms with Gasteiger partial charge in [-0.2, -0.15) is 0 Å². The number of fused-ring (bicyclic) bond motifs is 1. The topological polar surface area (TPSA) is 78.8 Å². The molecule has 0 aliphatic carbocycles. The van der Waals surface area contributed by atoms with Gasteiger partial charge in [-0.1, -0.05) is 18.2 Å². The Morgan fingerprint density at radius 1 is 0.929 bits per heavy atom. The molecule has 1 N–H and O–H groups in total. The highest BCUT2D eigenvalue weighted by molar-refractivity contribution is 5.97. The molecule has 1 aromatic heterocycles. The Balaban J connectivity index is 1.66. The van der Waals surface area contributed by atoms with Crippen molar-refractivity contribution in [1.82, 2.24) is 4.57 Å². The van der Waals surface area contributed by atoms with Gasteiger partial charge in [0, 0.05) is 42.2 Å². The van der Waals surface area contributed by atoms with Crippen LogP contribution in [0.3, 0.4) is 0 Å². The van der Waals surface area contributed by atoms with Gasteiger partial charge in [0.05, 0.1) is 26.8 Å². The number of methoxy groups -OCH3 is 3. The monoisotopic (exact) mass is 382 g/mol. The second-order valence-electron chi connectivity index (χ2n) is 6.10. The maximum Gasteiger partial charge on any atom is 0.231 e. The van der Waals surface area contributed by atoms with E-state index in [-0.39, 0.29) is 24.7 Å². The van der Waals surface area contributed by atoms with Crippen LogP contribution in [0.15, 0.2) is 48.7 Å². The summed E-state index contributed by atoms with van der Waals surface area (Å²) in [5.41, 5.74) is 1.33. The fraction of sp³-hybridized carbons (Fsp3) is 0.238. The summed E-state index contributed by atoms with van der Waals surface area (Å²) in [6.07, 6.45) is 1.88. The first kappa shape index (κ1) is 19.3. The minimum Gasteiger partial charge on any atom is -0.493 e. The molecule has 0 aliphatic heterocycles. The van der Waals surface area contributed by atoms with Crippen LogP contribution in [0.1, 0.15) is 17.6 Å². The van der Waals surface area contributed by atoms with Gasteiger partial charge in [0.25, 0.3) is 0 Å². The average Bonchev–Trinajstić information content (AvgIpc) is 3.15. The van der Waals surface area contributed by atoms with E-state index < -0.39 is 0 Å². The van der Waals surface area contributed by atoms with Crippen molar-refractivity contribution < 1.29 is 23.8 Å². The molecule has 0 bridgehead atoms. The Morgan fingerprint density at radius 2 is 1.61 bits per heavy atom. The van der Waals surface area contributed by atoms with Gasteiger partial charge < -0.3 is 19.5 Å². The van der Waals surface area contributed by atoms with Gasteiger partial charge in [-0.3, -0.25) is 14.2 Å². The zero-order valence-electron chi connectivity index (χ0n) is 16.0. The first-order chi connectivity index (χ1) is 13.6. The number of amides is 1. The lowest BCUT2D eigenvalue weighted by Crippen LogP contribution is -2.16. The SMILES string of the molecule is COc1cc(NC(=O)CCC(=O)n2ccc3ccccc32)cc(OC)c1OC. The summed E-state index contributed by atoms with van der Waals surface area (Å²) in [4.78, 5) is 24.8. The molecule has 3 rings (SSSR count). The van der Waals surface area contributed by atoms with Crippen LogP contribution in [0.4, 0.5) is 5.69 Å². The van der Waals surface area contributed by atoms with Crippen molar-refractivity contribution in [3.63, 3.8) is 0 Å². The van der Waals surface area contributed by atoms with Crippen LogP contribution in [0.5, 0.6) is 17.2 Å². The van der Waals surface area contributed by atoms with Gasteiger partial charge in [0.2, 0.25) is 17.6 Å². The summed E-state index contributed by atoms with van der Waals surface area (Å²) < 4.78 is 17.4. The number of carbonyl (C=O) groups excluding carboxylic acids is 2. The van der Waals surface area contributed by atoms with Crippen LogP contribution in [0.2, 0.25) is 0 Å². The number of ether oxygens (including phenoxy) is 3. The second-order valence-corrected chi connectivity index (χ2v) is 6.10. The van der Waals surface area contributed by atoms with Crippen molar-refractivity contribution in [1.29, 1.82) is 0 Å². The van der Waals surface area contributed by atoms with E-state index in [1.165, 1.54) is 21.3 Å². The molecule has 3 aromatic rings. The first-order valence-corrected chi connectivity index (χ1v) is 8.76. The number of carbonyl (C=O) groups is 2. The van der Waals surface area contributed by atoms with Crippen LogP contribution in [-0.4, -0.2) is 37.7 Å². The largest absolute Gasteiger partial charge is 0.493 e. The molecule has 0 aliphatic rings. The fourth-order valence-electron chi connectivity index (χ4n) is 3.02. The molecule has 2 aromatic carbocycles. The van der Waals surface area contributed by atoms with Gasteiger partial charge in [-0.05, 0) is 12.1 Å². The zero-order chi connectivity index (χ0) is 20.1. The van der Waals surface area contributed by atoms with E-state index >= 15 is 0 Å². The van der Waals surface area contributed by atoms with Crippen LogP contribution >= 0.6 is 0 Å². The molecule has 0 spiro atoms. The third-order valence-electron chi connectivity index (χ3n) is 4.38. The molecule has 0 fully saturated rings. The van der Waals surface area contributed by atoms with Crippen LogP contribution in [-0.2, 0) is 4.79 Å². The smallest absolute Gasteiger partial charge is 0.231 e. The molecule has 1 heterocycles. The van der Waals surface area contributed by atoms with E-state index in [2.05, 4.69) is 5.32 Å². The number of nitrogens with zero attached hydrogens (tertiary/aromatic N) is 1. The Labute approximate surface area is 162 Å². The first-order valence-electron chi connectivity index (χ1n) is 8.76. The van der Waals surface area contributed by atoms with Gasteiger partial charge in [0.15, 0.2) is 11.5 Å². The lowest BCUT2D eigenvalue weighted by molar-refractivity contribution is -0.116. The number of hydrogen-bond donors (Lipinski definition) is 1. The van der Waals surface area contributed by atoms with E-state index in [1.54, 1.807) is 22.9 Å². The summed E-state index contributed by atoms with van der Waals surface area (Å²) in [5, 5.41) is 3.75. The number of benzene rings is 2. The van der Waals surface area contributed by atoms with E-state index in [0.29, 0.717) is 22.9 Å². The third kappa shape index (κ3) is 3.93. The predicted molar refractivity (Wildman–Crippen MR) is 107 cm³/mol. The van der Waals surface area contributed by atoms with Crippen molar-refractivity contribution in [3.05, 3.63) is 48.7 Å². The molecule has 146 valence electrons. The molecule has 28 heavy (non-hydrogen) atoms. The van der Waals surface area contributed by atoms with Crippen molar-refractivity contribution in [2.45, 2.75) is 12.8 Å². The Hall–Kier alpha value is -3.48. The van der Waals surface area contributed by atoms with E-state index in [9.17, 15) is 9.59 Å². The Kier molecular flexibility index (Phi) is 5.84. The van der Waals surface area contributed by atoms with Gasteiger partial charge in [0.1, 0.15) is 0 Å². The predicted octanol–water partition coefficient (Wildman–Crippen LogP) is 3.73. The Bertz CT molecular complexity index is 984. The molecule has 7 heteroatoms. The summed E-state index contributed by atoms with van der Waals surface area (Å²) >= 11 is 0. The van der Waals surface area contributed by atoms with E-state index in [4.69, 9.17) is 14.2 Å². The van der Waals surface area contributed by atoms with Crippen molar-refractivity contribution in [2.24, 2.45) is 0 Å². The number of nitrogens with one attached hydrogen (secondary N) is 1. The lowest BCUT2D eigenvalue weighted by Gasteiger charge is -2.14. The molecule has 0 saturated heterocycles. The summed E-state index contributed by atoms with van der Waals surface area (Å²) in [6.45, 7) is 0. The molecular formula is C21H22N2O5. The minimum atomic E-state index is -0.279. The molecule has 0 radical (unpaired) electrons. The summed E-state index contributed by atoms with van der Waals surface area (Å²) in [7, 11) is 4.52. The lowest BCUT2D eigenvalue weighted by atomic mass is 10.2. The van der Waals surface area contributed by atoms with Crippen LogP contribution in [0, 0.1) is 0 Å². The zero-order valence-corrected chi connectivity index (χ0v) is 16.0. The molecule has 0 atom stereocenters. The number of anilines is 1. The Morgan fingerprint density at radius 3 is 2.25 bits per heavy atom. The molecule has 7 nitrogen and oxygen atoms in total. The van der Waals surface area contributed by atoms with Crippen molar-refractivity contribution in [2.75, 3.05) is 26.6 Å². The van der Waals surface area contributed by atoms with Gasteiger partial charge in [-0.15, -0.1) is 0 Å². The van der Waals surface area contributed by atoms with Gasteiger partial charge in [-0.25, -0.2) is 0 Å². The van der Waals surface area contributed by atoms with Crippen LogP contribution < -0.4 is 19.5 Å². The van der Waals surface area contributed by atoms with E-state index in [0.717, 1.165) is 10.9 Å². The minimum absolute atomic E-state index is 0.0575. The quantitative estimate of drug-likeness (QED) is 0.674. The number of para-hydroxylation sites is 1. The van der Waals surface area contributed by atoms with Crippen LogP contribution in [0.25, 0.3) is 10.9 Å². The second kappa shape index (κ2) is 8.47. The number of hydrogen-bond acceptors (Lipinski definition) is 5. The maximum absolute atomic E-state index is 12.5. The standard InChI is InChI=1S/C21H22N2O5/c1-26-17-12-15(13-18(27-2)21(17)28-3)22-19(24)8-9-20(25)23-11-10-14-6-4-5-7-16(14)23/h4-7,10-13H,8-9H2,1-3H3,(H,22,24). The molecule has 0 saturated carbocycles. The number of rotatable bonds is 7. The molecule has 0 unspecified atom stereocenters. The third-order valence-corrected chi connectivity index (χ3v) is 4.38. The summed E-state index contributed by atoms with van der Waals surface area (Å²) in [6, 6.07) is 12.8. The normalized spacial score (nSPS) is 10.5. The maximum atomic E-state index is 12.5. The van der Waals surface area contributed by atoms with Crippen molar-refractivity contribution >= 4 is 28.4 Å². The number of aromatic nitrogens is 1. The highest BCUT2D eigenvalue weighted by Crippen LogP contribution is 2.39. The average molecular weight is 382 g/mol. The highest BCUT2D eigenvalue weighted by atomic mass is 16.5.